The van der Waals surface area contributed by atoms with Crippen LogP contribution in [0.4, 0.5) is 5.69 Å². The average molecular weight is 491 g/mol. The van der Waals surface area contributed by atoms with Crippen LogP contribution in [0.1, 0.15) is 10.4 Å². The van der Waals surface area contributed by atoms with Gasteiger partial charge in [0.2, 0.25) is 0 Å². The number of thiazole rings is 1. The van der Waals surface area contributed by atoms with E-state index < -0.39 is 10.8 Å². The number of nitro benzene ring substituents is 1. The highest BCUT2D eigenvalue weighted by Crippen LogP contribution is 2.28. The fourth-order valence-electron chi connectivity index (χ4n) is 3.71. The number of aromatic nitrogens is 2. The number of carbonyl (C=O) groups is 1. The molecule has 0 aliphatic heterocycles. The molecule has 0 saturated carbocycles. The van der Waals surface area contributed by atoms with Gasteiger partial charge in [-0.25, -0.2) is 4.98 Å². The molecule has 0 unspecified atom stereocenters. The highest BCUT2D eigenvalue weighted by atomic mass is 32.1. The first-order valence-electron chi connectivity index (χ1n) is 10.3. The molecule has 0 aliphatic rings. The number of para-hydroxylation sites is 1. The van der Waals surface area contributed by atoms with Gasteiger partial charge in [0.25, 0.3) is 11.6 Å². The van der Waals surface area contributed by atoms with Crippen LogP contribution in [0, 0.1) is 10.1 Å². The smallest absolute Gasteiger partial charge is 0.280 e. The summed E-state index contributed by atoms with van der Waals surface area (Å²) in [5.74, 6) is -0.399. The Morgan fingerprint density at radius 2 is 2.03 bits per heavy atom. The molecular formula is C24H18N4O4S2. The second-order valence-corrected chi connectivity index (χ2v) is 9.36. The molecule has 34 heavy (non-hydrogen) atoms. The molecule has 0 bridgehead atoms. The van der Waals surface area contributed by atoms with Crippen molar-refractivity contribution < 1.29 is 14.5 Å². The fourth-order valence-corrected chi connectivity index (χ4v) is 5.48. The lowest BCUT2D eigenvalue weighted by Gasteiger charge is -2.07. The zero-order chi connectivity index (χ0) is 23.7. The molecule has 0 radical (unpaired) electrons. The van der Waals surface area contributed by atoms with Crippen molar-refractivity contribution in [3.63, 3.8) is 0 Å². The summed E-state index contributed by atoms with van der Waals surface area (Å²) in [6.07, 6.45) is 0. The fraction of sp³-hybridized carbons (Fsp3) is 0.125. The number of benzene rings is 2. The van der Waals surface area contributed by atoms with Crippen molar-refractivity contribution in [2.45, 2.75) is 6.54 Å². The van der Waals surface area contributed by atoms with Gasteiger partial charge in [0.05, 0.1) is 43.4 Å². The third-order valence-corrected chi connectivity index (χ3v) is 7.25. The number of carbonyl (C=O) groups excluding carboxylic acids is 1. The molecule has 10 heteroatoms. The van der Waals surface area contributed by atoms with E-state index in [2.05, 4.69) is 4.99 Å². The van der Waals surface area contributed by atoms with Crippen molar-refractivity contribution in [3.8, 4) is 10.6 Å². The summed E-state index contributed by atoms with van der Waals surface area (Å²) in [5.41, 5.74) is 2.64. The number of methoxy groups -OCH3 is 1. The lowest BCUT2D eigenvalue weighted by atomic mass is 10.1. The first kappa shape index (κ1) is 22.1. The summed E-state index contributed by atoms with van der Waals surface area (Å²) in [6, 6.07) is 17.8. The van der Waals surface area contributed by atoms with E-state index in [-0.39, 0.29) is 5.69 Å². The number of nitro groups is 1. The van der Waals surface area contributed by atoms with Crippen LogP contribution in [-0.2, 0) is 11.3 Å². The summed E-state index contributed by atoms with van der Waals surface area (Å²) < 4.78 is 7.76. The molecule has 0 N–H and O–H groups in total. The van der Waals surface area contributed by atoms with Gasteiger partial charge in [0.15, 0.2) is 4.80 Å². The van der Waals surface area contributed by atoms with Gasteiger partial charge in [0, 0.05) is 31.2 Å². The second kappa shape index (κ2) is 9.26. The molecule has 2 aromatic carbocycles. The van der Waals surface area contributed by atoms with E-state index in [1.165, 1.54) is 23.5 Å². The predicted molar refractivity (Wildman–Crippen MR) is 133 cm³/mol. The van der Waals surface area contributed by atoms with Crippen LogP contribution < -0.4 is 4.80 Å². The summed E-state index contributed by atoms with van der Waals surface area (Å²) >= 11 is 2.79. The Labute approximate surface area is 201 Å². The van der Waals surface area contributed by atoms with E-state index in [0.29, 0.717) is 39.4 Å². The van der Waals surface area contributed by atoms with Crippen molar-refractivity contribution in [1.82, 2.24) is 9.55 Å². The highest BCUT2D eigenvalue weighted by molar-refractivity contribution is 7.16. The number of nitrogens with zero attached hydrogens (tertiary/aromatic N) is 4. The molecule has 5 aromatic rings. The molecule has 1 amide bonds. The van der Waals surface area contributed by atoms with E-state index in [1.807, 2.05) is 46.3 Å². The molecule has 170 valence electrons. The van der Waals surface area contributed by atoms with Gasteiger partial charge in [-0.1, -0.05) is 35.6 Å². The van der Waals surface area contributed by atoms with Crippen LogP contribution in [0.25, 0.3) is 31.7 Å². The Kier molecular flexibility index (Phi) is 6.01. The third-order valence-electron chi connectivity index (χ3n) is 5.31. The number of rotatable bonds is 6. The van der Waals surface area contributed by atoms with Crippen molar-refractivity contribution >= 4 is 55.4 Å². The summed E-state index contributed by atoms with van der Waals surface area (Å²) in [4.78, 5) is 34.9. The summed E-state index contributed by atoms with van der Waals surface area (Å²) in [5, 5.41) is 13.9. The number of ether oxygens (including phenoxy) is 1. The van der Waals surface area contributed by atoms with E-state index in [9.17, 15) is 14.9 Å². The Bertz CT molecular complexity index is 1600. The zero-order valence-electron chi connectivity index (χ0n) is 18.0. The zero-order valence-corrected chi connectivity index (χ0v) is 19.6. The number of thiophene rings is 1. The normalized spacial score (nSPS) is 12.0. The Balaban J connectivity index is 1.68. The number of hydrogen-bond donors (Lipinski definition) is 0. The summed E-state index contributed by atoms with van der Waals surface area (Å²) in [7, 11) is 1.59. The molecule has 0 saturated heterocycles. The number of non-ortho nitro benzene ring substituents is 1. The van der Waals surface area contributed by atoms with Crippen LogP contribution >= 0.6 is 22.7 Å². The van der Waals surface area contributed by atoms with Gasteiger partial charge in [0.1, 0.15) is 0 Å². The Morgan fingerprint density at radius 3 is 2.79 bits per heavy atom. The van der Waals surface area contributed by atoms with Gasteiger partial charge in [-0.15, -0.1) is 11.3 Å². The molecule has 5 rings (SSSR count). The van der Waals surface area contributed by atoms with Gasteiger partial charge in [-0.2, -0.15) is 4.99 Å². The van der Waals surface area contributed by atoms with Crippen molar-refractivity contribution in [1.29, 1.82) is 0 Å². The van der Waals surface area contributed by atoms with Crippen molar-refractivity contribution in [3.05, 3.63) is 86.5 Å². The third kappa shape index (κ3) is 4.14. The molecule has 0 fully saturated rings. The minimum atomic E-state index is -0.435. The van der Waals surface area contributed by atoms with Gasteiger partial charge < -0.3 is 9.30 Å². The van der Waals surface area contributed by atoms with Crippen LogP contribution in [0.3, 0.4) is 0 Å². The maximum Gasteiger partial charge on any atom is 0.280 e. The number of pyridine rings is 1. The van der Waals surface area contributed by atoms with E-state index >= 15 is 0 Å². The molecule has 3 aromatic heterocycles. The maximum atomic E-state index is 13.5. The van der Waals surface area contributed by atoms with Crippen molar-refractivity contribution in [2.75, 3.05) is 13.7 Å². The van der Waals surface area contributed by atoms with E-state index in [0.717, 1.165) is 15.8 Å². The van der Waals surface area contributed by atoms with Gasteiger partial charge in [-0.05, 0) is 29.6 Å². The standard InChI is InChI=1S/C24H18N4O4S2/c1-32-11-10-27-20-9-8-15(28(30)31)13-22(20)34-24(27)26-23(29)17-14-19(21-7-4-12-33-21)25-18-6-3-2-5-16(17)18/h2-9,12-14H,10-11H2,1H3. The van der Waals surface area contributed by atoms with Crippen LogP contribution in [-0.4, -0.2) is 34.1 Å². The number of hydrogen-bond acceptors (Lipinski definition) is 7. The quantitative estimate of drug-likeness (QED) is 0.238. The molecule has 0 atom stereocenters. The van der Waals surface area contributed by atoms with E-state index in [4.69, 9.17) is 9.72 Å². The van der Waals surface area contributed by atoms with Gasteiger partial charge in [-0.3, -0.25) is 14.9 Å². The largest absolute Gasteiger partial charge is 0.383 e. The molecule has 3 heterocycles. The Morgan fingerprint density at radius 1 is 1.18 bits per heavy atom. The minimum Gasteiger partial charge on any atom is -0.383 e. The van der Waals surface area contributed by atoms with Crippen LogP contribution in [0.15, 0.2) is 71.0 Å². The van der Waals surface area contributed by atoms with Crippen LogP contribution in [0.5, 0.6) is 0 Å². The lowest BCUT2D eigenvalue weighted by Crippen LogP contribution is -2.19. The average Bonchev–Trinajstić information content (AvgIpc) is 3.49. The molecule has 0 aliphatic carbocycles. The molecule has 8 nitrogen and oxygen atoms in total. The molecule has 0 spiro atoms. The first-order chi connectivity index (χ1) is 16.5. The van der Waals surface area contributed by atoms with Crippen molar-refractivity contribution in [2.24, 2.45) is 4.99 Å². The first-order valence-corrected chi connectivity index (χ1v) is 12.0. The van der Waals surface area contributed by atoms with Gasteiger partial charge >= 0.3 is 0 Å². The highest BCUT2D eigenvalue weighted by Gasteiger charge is 2.16. The predicted octanol–water partition coefficient (Wildman–Crippen LogP) is 5.28. The number of amides is 1. The minimum absolute atomic E-state index is 0.00812. The second-order valence-electron chi connectivity index (χ2n) is 7.40. The topological polar surface area (TPSA) is 99.6 Å². The van der Waals surface area contributed by atoms with Crippen LogP contribution in [0.2, 0.25) is 0 Å². The SMILES string of the molecule is COCCn1c(=NC(=O)c2cc(-c3cccs3)nc3ccccc23)sc2cc([N+](=O)[O-])ccc21. The Hall–Kier alpha value is -3.73. The number of fused-ring (bicyclic) bond motifs is 2. The maximum absolute atomic E-state index is 13.5. The summed E-state index contributed by atoms with van der Waals surface area (Å²) in [6.45, 7) is 0.864. The monoisotopic (exact) mass is 490 g/mol. The molecular weight excluding hydrogens is 472 g/mol. The van der Waals surface area contributed by atoms with E-state index in [1.54, 1.807) is 30.6 Å². The lowest BCUT2D eigenvalue weighted by molar-refractivity contribution is -0.384.